The van der Waals surface area contributed by atoms with E-state index >= 15 is 0 Å². The molecule has 0 bridgehead atoms. The lowest BCUT2D eigenvalue weighted by atomic mass is 10.1. The summed E-state index contributed by atoms with van der Waals surface area (Å²) < 4.78 is 6.30. The van der Waals surface area contributed by atoms with Crippen molar-refractivity contribution in [3.8, 4) is 17.9 Å². The maximum Gasteiger partial charge on any atom is 0.263 e. The van der Waals surface area contributed by atoms with Gasteiger partial charge in [0.2, 0.25) is 0 Å². The van der Waals surface area contributed by atoms with Gasteiger partial charge in [0.1, 0.15) is 10.1 Å². The standard InChI is InChI=1S/C20H9N3O2S2/c21-9-13-3-1-12(2-4-13)5-6-14-10-22-11-15-7-16(25-18(14)15)8-17-19(24)23-20(26)27-17/h1-4,7-8,10-11H,(H,23,24,26)/b17-8-. The van der Waals surface area contributed by atoms with E-state index in [1.165, 1.54) is 11.8 Å². The van der Waals surface area contributed by atoms with Crippen molar-refractivity contribution in [2.45, 2.75) is 0 Å². The van der Waals surface area contributed by atoms with E-state index in [4.69, 9.17) is 21.9 Å². The average molecular weight is 387 g/mol. The van der Waals surface area contributed by atoms with Crippen molar-refractivity contribution < 1.29 is 9.21 Å². The first-order chi connectivity index (χ1) is 13.1. The molecule has 0 atom stereocenters. The highest BCUT2D eigenvalue weighted by Gasteiger charge is 2.22. The number of nitrogens with one attached hydrogen (secondary N) is 1. The second-order valence-electron chi connectivity index (χ2n) is 5.55. The van der Waals surface area contributed by atoms with Crippen LogP contribution < -0.4 is 5.32 Å². The molecule has 1 aliphatic rings. The molecule has 1 saturated heterocycles. The molecule has 1 aromatic carbocycles. The van der Waals surface area contributed by atoms with E-state index in [1.807, 2.05) is 0 Å². The van der Waals surface area contributed by atoms with E-state index in [0.717, 1.165) is 10.9 Å². The third-order valence-electron chi connectivity index (χ3n) is 3.71. The number of fused-ring (bicyclic) bond motifs is 1. The summed E-state index contributed by atoms with van der Waals surface area (Å²) in [4.78, 5) is 16.5. The molecule has 7 heteroatoms. The number of benzene rings is 1. The van der Waals surface area contributed by atoms with Gasteiger partial charge in [-0.15, -0.1) is 0 Å². The van der Waals surface area contributed by atoms with Crippen LogP contribution in [-0.2, 0) is 4.79 Å². The Morgan fingerprint density at radius 1 is 1.19 bits per heavy atom. The van der Waals surface area contributed by atoms with E-state index in [0.29, 0.717) is 31.7 Å². The second kappa shape index (κ2) is 7.08. The average Bonchev–Trinajstić information content (AvgIpc) is 3.22. The number of thioether (sulfide) groups is 1. The van der Waals surface area contributed by atoms with Crippen molar-refractivity contribution in [2.24, 2.45) is 0 Å². The van der Waals surface area contributed by atoms with Crippen molar-refractivity contribution in [2.75, 3.05) is 0 Å². The van der Waals surface area contributed by atoms with E-state index in [-0.39, 0.29) is 5.91 Å². The van der Waals surface area contributed by atoms with Gasteiger partial charge in [0, 0.05) is 29.4 Å². The number of thiocarbonyl (C=S) groups is 1. The fourth-order valence-corrected chi connectivity index (χ4v) is 3.48. The Morgan fingerprint density at radius 3 is 2.67 bits per heavy atom. The second-order valence-corrected chi connectivity index (χ2v) is 7.26. The third-order valence-corrected chi connectivity index (χ3v) is 4.88. The number of hydrogen-bond acceptors (Lipinski definition) is 6. The molecule has 27 heavy (non-hydrogen) atoms. The monoisotopic (exact) mass is 387 g/mol. The van der Waals surface area contributed by atoms with E-state index in [9.17, 15) is 4.79 Å². The lowest BCUT2D eigenvalue weighted by molar-refractivity contribution is -0.115. The molecule has 4 rings (SSSR count). The van der Waals surface area contributed by atoms with Gasteiger partial charge in [-0.2, -0.15) is 5.26 Å². The van der Waals surface area contributed by atoms with Crippen molar-refractivity contribution in [1.82, 2.24) is 10.3 Å². The SMILES string of the molecule is N#Cc1ccc(C#Cc2cncc3cc(/C=C4\SC(=S)NC4=O)oc23)cc1. The number of furan rings is 1. The number of nitrogens with zero attached hydrogens (tertiary/aromatic N) is 2. The number of hydrogen-bond donors (Lipinski definition) is 1. The Kier molecular flexibility index (Phi) is 4.47. The number of nitriles is 1. The highest BCUT2D eigenvalue weighted by molar-refractivity contribution is 8.26. The zero-order valence-corrected chi connectivity index (χ0v) is 15.3. The van der Waals surface area contributed by atoms with Gasteiger partial charge in [-0.3, -0.25) is 9.78 Å². The zero-order valence-electron chi connectivity index (χ0n) is 13.6. The summed E-state index contributed by atoms with van der Waals surface area (Å²) in [7, 11) is 0. The minimum absolute atomic E-state index is 0.232. The van der Waals surface area contributed by atoms with Crippen molar-refractivity contribution >= 4 is 51.3 Å². The molecule has 0 aliphatic carbocycles. The Morgan fingerprint density at radius 2 is 1.96 bits per heavy atom. The Hall–Kier alpha value is -3.39. The lowest BCUT2D eigenvalue weighted by Crippen LogP contribution is -2.17. The van der Waals surface area contributed by atoms with Crippen LogP contribution in [0.3, 0.4) is 0 Å². The highest BCUT2D eigenvalue weighted by Crippen LogP contribution is 2.29. The molecule has 5 nitrogen and oxygen atoms in total. The molecule has 0 saturated carbocycles. The summed E-state index contributed by atoms with van der Waals surface area (Å²) in [6, 6.07) is 10.9. The molecule has 3 heterocycles. The van der Waals surface area contributed by atoms with Crippen LogP contribution >= 0.6 is 24.0 Å². The first-order valence-electron chi connectivity index (χ1n) is 7.77. The topological polar surface area (TPSA) is 78.9 Å². The third kappa shape index (κ3) is 3.61. The molecule has 0 radical (unpaired) electrons. The lowest BCUT2D eigenvalue weighted by Gasteiger charge is -1.93. The maximum absolute atomic E-state index is 11.8. The summed E-state index contributed by atoms with van der Waals surface area (Å²) in [6.07, 6.45) is 4.96. The van der Waals surface area contributed by atoms with Gasteiger partial charge in [0.15, 0.2) is 5.58 Å². The molecule has 1 aliphatic heterocycles. The number of carbonyl (C=O) groups is 1. The molecule has 1 amide bonds. The Bertz CT molecular complexity index is 1220. The fraction of sp³-hybridized carbons (Fsp3) is 0. The molecule has 3 aromatic rings. The van der Waals surface area contributed by atoms with E-state index in [2.05, 4.69) is 28.2 Å². The predicted octanol–water partition coefficient (Wildman–Crippen LogP) is 3.59. The molecule has 0 spiro atoms. The first kappa shape index (κ1) is 17.0. The van der Waals surface area contributed by atoms with Crippen LogP contribution in [0.5, 0.6) is 0 Å². The van der Waals surface area contributed by atoms with Crippen molar-refractivity contribution in [3.63, 3.8) is 0 Å². The van der Waals surface area contributed by atoms with Gasteiger partial charge >= 0.3 is 0 Å². The number of aromatic nitrogens is 1. The number of pyridine rings is 1. The zero-order chi connectivity index (χ0) is 18.8. The van der Waals surface area contributed by atoms with Crippen LogP contribution in [0.2, 0.25) is 0 Å². The van der Waals surface area contributed by atoms with Crippen LogP contribution in [0.1, 0.15) is 22.5 Å². The molecular weight excluding hydrogens is 378 g/mol. The van der Waals surface area contributed by atoms with Gasteiger partial charge in [-0.05, 0) is 30.3 Å². The Labute approximate surface area is 164 Å². The Balaban J connectivity index is 1.69. The van der Waals surface area contributed by atoms with Crippen LogP contribution in [-0.4, -0.2) is 15.2 Å². The number of carbonyl (C=O) groups excluding carboxylic acids is 1. The van der Waals surface area contributed by atoms with E-state index in [1.54, 1.807) is 48.8 Å². The summed E-state index contributed by atoms with van der Waals surface area (Å²) in [5, 5.41) is 12.2. The van der Waals surface area contributed by atoms with Crippen LogP contribution in [0.15, 0.2) is 52.0 Å². The number of amides is 1. The van der Waals surface area contributed by atoms with Gasteiger partial charge in [-0.25, -0.2) is 0 Å². The molecule has 0 unspecified atom stereocenters. The largest absolute Gasteiger partial charge is 0.455 e. The predicted molar refractivity (Wildman–Crippen MR) is 107 cm³/mol. The molecule has 2 aromatic heterocycles. The van der Waals surface area contributed by atoms with Gasteiger partial charge in [0.05, 0.1) is 22.1 Å². The van der Waals surface area contributed by atoms with Crippen LogP contribution in [0.25, 0.3) is 17.0 Å². The van der Waals surface area contributed by atoms with Crippen LogP contribution in [0, 0.1) is 23.2 Å². The number of rotatable bonds is 1. The van der Waals surface area contributed by atoms with Gasteiger partial charge < -0.3 is 9.73 Å². The highest BCUT2D eigenvalue weighted by atomic mass is 32.2. The summed E-state index contributed by atoms with van der Waals surface area (Å²) in [5.41, 5.74) is 2.61. The summed E-state index contributed by atoms with van der Waals surface area (Å²) in [6.45, 7) is 0. The minimum atomic E-state index is -0.232. The first-order valence-corrected chi connectivity index (χ1v) is 8.99. The minimum Gasteiger partial charge on any atom is -0.455 e. The van der Waals surface area contributed by atoms with Crippen LogP contribution in [0.4, 0.5) is 0 Å². The summed E-state index contributed by atoms with van der Waals surface area (Å²) in [5.74, 6) is 6.39. The quantitative estimate of drug-likeness (QED) is 0.391. The molecule has 128 valence electrons. The maximum atomic E-state index is 11.8. The van der Waals surface area contributed by atoms with Crippen molar-refractivity contribution in [3.05, 3.63) is 70.1 Å². The molecular formula is C20H9N3O2S2. The van der Waals surface area contributed by atoms with E-state index < -0.39 is 0 Å². The molecule has 1 N–H and O–H groups in total. The van der Waals surface area contributed by atoms with Crippen molar-refractivity contribution in [1.29, 1.82) is 5.26 Å². The summed E-state index contributed by atoms with van der Waals surface area (Å²) >= 11 is 6.18. The smallest absolute Gasteiger partial charge is 0.263 e. The normalized spacial score (nSPS) is 14.7. The van der Waals surface area contributed by atoms with Gasteiger partial charge in [0.25, 0.3) is 5.91 Å². The molecule has 1 fully saturated rings. The fourth-order valence-electron chi connectivity index (χ4n) is 2.46. The van der Waals surface area contributed by atoms with Gasteiger partial charge in [-0.1, -0.05) is 35.8 Å².